The number of hydrogen-bond acceptors (Lipinski definition) is 5. The summed E-state index contributed by atoms with van der Waals surface area (Å²) in [5, 5.41) is 0. The normalized spacial score (nSPS) is 23.1. The molecule has 0 N–H and O–H groups in total. The van der Waals surface area contributed by atoms with E-state index in [2.05, 4.69) is 0 Å². The van der Waals surface area contributed by atoms with Crippen molar-refractivity contribution in [3.8, 4) is 0 Å². The van der Waals surface area contributed by atoms with Gasteiger partial charge < -0.3 is 4.90 Å². The number of rotatable bonds is 4. The first-order valence-electron chi connectivity index (χ1n) is 9.24. The Morgan fingerprint density at radius 1 is 1.14 bits per heavy atom. The van der Waals surface area contributed by atoms with Crippen LogP contribution < -0.4 is 0 Å². The quantitative estimate of drug-likeness (QED) is 0.723. The summed E-state index contributed by atoms with van der Waals surface area (Å²) in [5.41, 5.74) is 0. The highest BCUT2D eigenvalue weighted by Gasteiger charge is 2.42. The fraction of sp³-hybridized carbons (Fsp3) is 0.706. The molecule has 0 aliphatic carbocycles. The monoisotopic (exact) mass is 439 g/mol. The molecule has 1 atom stereocenters. The Balaban J connectivity index is 1.69. The van der Waals surface area contributed by atoms with E-state index in [1.807, 2.05) is 6.92 Å². The van der Waals surface area contributed by atoms with Crippen LogP contribution >= 0.6 is 11.3 Å². The van der Waals surface area contributed by atoms with Crippen LogP contribution in [0.25, 0.3) is 0 Å². The Hall–Kier alpha value is -1.17. The summed E-state index contributed by atoms with van der Waals surface area (Å²) in [6.07, 6.45) is -2.81. The van der Waals surface area contributed by atoms with Gasteiger partial charge in [0.2, 0.25) is 5.91 Å². The zero-order valence-corrected chi connectivity index (χ0v) is 17.2. The van der Waals surface area contributed by atoms with Gasteiger partial charge in [-0.05, 0) is 38.3 Å². The minimum atomic E-state index is -4.27. The molecule has 1 amide bonds. The number of thiophene rings is 1. The van der Waals surface area contributed by atoms with Crippen molar-refractivity contribution in [2.45, 2.75) is 42.6 Å². The molecule has 2 aliphatic rings. The largest absolute Gasteiger partial charge is 0.401 e. The van der Waals surface area contributed by atoms with Gasteiger partial charge in [-0.2, -0.15) is 17.5 Å². The third kappa shape index (κ3) is 4.87. The molecule has 28 heavy (non-hydrogen) atoms. The van der Waals surface area contributed by atoms with Crippen LogP contribution in [-0.4, -0.2) is 79.9 Å². The molecule has 0 saturated carbocycles. The molecule has 11 heteroatoms. The minimum Gasteiger partial charge on any atom is -0.340 e. The molecule has 3 heterocycles. The zero-order chi connectivity index (χ0) is 20.5. The molecule has 6 nitrogen and oxygen atoms in total. The summed E-state index contributed by atoms with van der Waals surface area (Å²) in [6, 6.07) is 2.51. The van der Waals surface area contributed by atoms with Crippen molar-refractivity contribution in [1.29, 1.82) is 0 Å². The first-order valence-corrected chi connectivity index (χ1v) is 11.5. The summed E-state index contributed by atoms with van der Waals surface area (Å²) < 4.78 is 65.3. The first-order chi connectivity index (χ1) is 13.1. The number of carbonyl (C=O) groups is 1. The third-order valence-electron chi connectivity index (χ3n) is 5.07. The average Bonchev–Trinajstić information content (AvgIpc) is 3.20. The molecule has 1 unspecified atom stereocenters. The van der Waals surface area contributed by atoms with E-state index in [1.54, 1.807) is 12.1 Å². The number of aryl methyl sites for hydroxylation is 1. The highest BCUT2D eigenvalue weighted by molar-refractivity contribution is 7.91. The van der Waals surface area contributed by atoms with E-state index in [0.29, 0.717) is 25.8 Å². The lowest BCUT2D eigenvalue weighted by atomic mass is 10.2. The molecule has 158 valence electrons. The van der Waals surface area contributed by atoms with E-state index in [4.69, 9.17) is 0 Å². The van der Waals surface area contributed by atoms with E-state index in [1.165, 1.54) is 25.4 Å². The molecular formula is C17H24F3N3O3S2. The fourth-order valence-electron chi connectivity index (χ4n) is 3.75. The zero-order valence-electron chi connectivity index (χ0n) is 15.6. The van der Waals surface area contributed by atoms with E-state index >= 15 is 0 Å². The van der Waals surface area contributed by atoms with Gasteiger partial charge in [0, 0.05) is 37.6 Å². The summed E-state index contributed by atoms with van der Waals surface area (Å²) in [4.78, 5) is 16.7. The maximum atomic E-state index is 13.0. The summed E-state index contributed by atoms with van der Waals surface area (Å²) in [6.45, 7) is 2.03. The Morgan fingerprint density at radius 2 is 1.89 bits per heavy atom. The second-order valence-corrected chi connectivity index (χ2v) is 10.6. The molecule has 0 spiro atoms. The van der Waals surface area contributed by atoms with Crippen LogP contribution in [0.4, 0.5) is 13.2 Å². The highest BCUT2D eigenvalue weighted by Crippen LogP contribution is 2.31. The van der Waals surface area contributed by atoms with Crippen molar-refractivity contribution in [2.75, 3.05) is 39.3 Å². The van der Waals surface area contributed by atoms with Crippen molar-refractivity contribution < 1.29 is 26.4 Å². The number of sulfonamides is 1. The van der Waals surface area contributed by atoms with E-state index in [9.17, 15) is 26.4 Å². The molecule has 2 aliphatic heterocycles. The second kappa shape index (κ2) is 8.29. The van der Waals surface area contributed by atoms with Gasteiger partial charge in [0.15, 0.2) is 0 Å². The van der Waals surface area contributed by atoms with E-state index < -0.39 is 28.8 Å². The van der Waals surface area contributed by atoms with Gasteiger partial charge in [-0.25, -0.2) is 8.42 Å². The van der Waals surface area contributed by atoms with Gasteiger partial charge >= 0.3 is 6.18 Å². The van der Waals surface area contributed by atoms with Gasteiger partial charge in [0.25, 0.3) is 10.0 Å². The summed E-state index contributed by atoms with van der Waals surface area (Å²) in [7, 11) is -3.75. The average molecular weight is 440 g/mol. The maximum absolute atomic E-state index is 13.0. The molecule has 2 saturated heterocycles. The van der Waals surface area contributed by atoms with Crippen molar-refractivity contribution >= 4 is 27.3 Å². The predicted octanol–water partition coefficient (Wildman–Crippen LogP) is 2.31. The van der Waals surface area contributed by atoms with Crippen LogP contribution in [0.1, 0.15) is 24.1 Å². The van der Waals surface area contributed by atoms with Gasteiger partial charge in [-0.3, -0.25) is 9.69 Å². The second-order valence-electron chi connectivity index (χ2n) is 7.21. The van der Waals surface area contributed by atoms with Crippen molar-refractivity contribution in [3.63, 3.8) is 0 Å². The molecule has 3 rings (SSSR count). The number of hydrogen-bond donors (Lipinski definition) is 0. The smallest absolute Gasteiger partial charge is 0.340 e. The SMILES string of the molecule is Cc1ccc(S(=O)(=O)N2CCCC2C(=O)N2CCCN(CC(F)(F)F)CC2)s1. The first kappa shape index (κ1) is 21.5. The van der Waals surface area contributed by atoms with Crippen molar-refractivity contribution in [2.24, 2.45) is 0 Å². The van der Waals surface area contributed by atoms with Gasteiger partial charge in [-0.1, -0.05) is 0 Å². The van der Waals surface area contributed by atoms with Crippen LogP contribution in [0.2, 0.25) is 0 Å². The van der Waals surface area contributed by atoms with Crippen molar-refractivity contribution in [1.82, 2.24) is 14.1 Å². The standard InChI is InChI=1S/C17H24F3N3O3S2/c1-13-5-6-15(27-13)28(25,26)23-9-2-4-14(23)16(24)22-8-3-7-21(10-11-22)12-17(18,19)20/h5-6,14H,2-4,7-12H2,1H3. The minimum absolute atomic E-state index is 0.134. The van der Waals surface area contributed by atoms with Crippen LogP contribution in [0.5, 0.6) is 0 Å². The van der Waals surface area contributed by atoms with Gasteiger partial charge in [0.05, 0.1) is 6.54 Å². The Bertz CT molecular complexity index is 810. The predicted molar refractivity (Wildman–Crippen MR) is 99.7 cm³/mol. The number of alkyl halides is 3. The number of halogens is 3. The lowest BCUT2D eigenvalue weighted by Gasteiger charge is -2.29. The van der Waals surface area contributed by atoms with Gasteiger partial charge in [-0.15, -0.1) is 11.3 Å². The summed E-state index contributed by atoms with van der Waals surface area (Å²) in [5.74, 6) is -0.303. The maximum Gasteiger partial charge on any atom is 0.401 e. The molecule has 0 radical (unpaired) electrons. The van der Waals surface area contributed by atoms with Crippen LogP contribution in [0.3, 0.4) is 0 Å². The lowest BCUT2D eigenvalue weighted by molar-refractivity contribution is -0.145. The molecule has 1 aromatic rings. The number of amides is 1. The van der Waals surface area contributed by atoms with Crippen molar-refractivity contribution in [3.05, 3.63) is 17.0 Å². The fourth-order valence-corrected chi connectivity index (χ4v) is 6.82. The number of nitrogens with zero attached hydrogens (tertiary/aromatic N) is 3. The Labute approximate surface area is 167 Å². The topological polar surface area (TPSA) is 60.9 Å². The molecule has 0 aromatic carbocycles. The molecular weight excluding hydrogens is 415 g/mol. The molecule has 2 fully saturated rings. The number of carbonyl (C=O) groups excluding carboxylic acids is 1. The van der Waals surface area contributed by atoms with E-state index in [-0.39, 0.29) is 36.3 Å². The summed E-state index contributed by atoms with van der Waals surface area (Å²) >= 11 is 1.17. The third-order valence-corrected chi connectivity index (χ3v) is 8.45. The Kier molecular flexibility index (Phi) is 6.38. The van der Waals surface area contributed by atoms with Crippen LogP contribution in [0.15, 0.2) is 16.3 Å². The lowest BCUT2D eigenvalue weighted by Crippen LogP contribution is -2.48. The van der Waals surface area contributed by atoms with Crippen LogP contribution in [-0.2, 0) is 14.8 Å². The van der Waals surface area contributed by atoms with E-state index in [0.717, 1.165) is 4.88 Å². The molecule has 0 bridgehead atoms. The highest BCUT2D eigenvalue weighted by atomic mass is 32.2. The molecule has 1 aromatic heterocycles. The van der Waals surface area contributed by atoms with Gasteiger partial charge in [0.1, 0.15) is 10.3 Å². The van der Waals surface area contributed by atoms with Crippen LogP contribution in [0, 0.1) is 6.92 Å². The Morgan fingerprint density at radius 3 is 2.54 bits per heavy atom.